The van der Waals surface area contributed by atoms with Crippen LogP contribution in [0.3, 0.4) is 0 Å². The summed E-state index contributed by atoms with van der Waals surface area (Å²) in [6.07, 6.45) is 0. The minimum Gasteiger partial charge on any atom is -0.456 e. The molecule has 0 amide bonds. The molecule has 0 unspecified atom stereocenters. The van der Waals surface area contributed by atoms with Gasteiger partial charge in [0.1, 0.15) is 11.2 Å². The predicted octanol–water partition coefficient (Wildman–Crippen LogP) is 14.9. The van der Waals surface area contributed by atoms with Crippen molar-refractivity contribution in [3.05, 3.63) is 179 Å². The molecule has 1 aromatic heterocycles. The second-order valence-corrected chi connectivity index (χ2v) is 12.5. The maximum atomic E-state index is 9.81. The number of furan rings is 1. The van der Waals surface area contributed by atoms with Gasteiger partial charge in [0.2, 0.25) is 0 Å². The van der Waals surface area contributed by atoms with Gasteiger partial charge in [0.15, 0.2) is 0 Å². The highest BCUT2D eigenvalue weighted by Crippen LogP contribution is 2.46. The molecule has 0 spiro atoms. The van der Waals surface area contributed by atoms with Gasteiger partial charge in [0, 0.05) is 10.8 Å². The quantitative estimate of drug-likeness (QED) is 0.166. The second-order valence-electron chi connectivity index (χ2n) is 12.5. The van der Waals surface area contributed by atoms with Crippen LogP contribution in [0.1, 0.15) is 57.9 Å². The zero-order chi connectivity index (χ0) is 58.4. The highest BCUT2D eigenvalue weighted by molar-refractivity contribution is 6.22. The van der Waals surface area contributed by atoms with E-state index in [0.717, 1.165) is 0 Å². The minimum absolute atomic E-state index is 0.0327. The van der Waals surface area contributed by atoms with Gasteiger partial charge in [-0.05, 0) is 134 Å². The van der Waals surface area contributed by atoms with Crippen molar-refractivity contribution in [2.45, 2.75) is 27.7 Å². The van der Waals surface area contributed by atoms with Gasteiger partial charge >= 0.3 is 0 Å². The van der Waals surface area contributed by atoms with Crippen molar-refractivity contribution in [1.29, 1.82) is 0 Å². The molecule has 0 N–H and O–H groups in total. The van der Waals surface area contributed by atoms with Gasteiger partial charge in [-0.25, -0.2) is 0 Å². The van der Waals surface area contributed by atoms with Crippen molar-refractivity contribution in [2.75, 3.05) is 0 Å². The Kier molecular flexibility index (Phi) is 3.31. The van der Waals surface area contributed by atoms with Crippen LogP contribution in [0.15, 0.2) is 162 Å². The maximum absolute atomic E-state index is 9.81. The van der Waals surface area contributed by atoms with E-state index in [1.807, 2.05) is 0 Å². The molecule has 0 saturated heterocycles. The molecule has 0 radical (unpaired) electrons. The first-order valence-corrected chi connectivity index (χ1v) is 16.4. The van der Waals surface area contributed by atoms with Gasteiger partial charge < -0.3 is 4.42 Å². The lowest BCUT2D eigenvalue weighted by Gasteiger charge is -2.19. The molecule has 1 heterocycles. The highest BCUT2D eigenvalue weighted by atomic mass is 16.3. The summed E-state index contributed by atoms with van der Waals surface area (Å²) in [6, 6.07) is -18.8. The predicted molar refractivity (Wildman–Crippen MR) is 227 cm³/mol. The normalized spacial score (nSPS) is 18.6. The Morgan fingerprint density at radius 2 is 1.04 bits per heavy atom. The van der Waals surface area contributed by atoms with Crippen LogP contribution in [0.5, 0.6) is 0 Å². The molecule has 10 rings (SSSR count). The smallest absolute Gasteiger partial charge is 0.136 e. The number of rotatable bonds is 4. The van der Waals surface area contributed by atoms with Gasteiger partial charge in [-0.1, -0.05) is 150 Å². The first kappa shape index (κ1) is 14.5. The molecule has 9 aromatic carbocycles. The van der Waals surface area contributed by atoms with E-state index in [1.165, 1.54) is 27.7 Å². The fourth-order valence-electron chi connectivity index (χ4n) is 6.66. The molecular weight excluding hydrogens is 641 g/mol. The third-order valence-corrected chi connectivity index (χ3v) is 8.95. The van der Waals surface area contributed by atoms with Crippen molar-refractivity contribution < 1.29 is 40.1 Å². The first-order valence-electron chi connectivity index (χ1n) is 29.4. The topological polar surface area (TPSA) is 13.1 Å². The van der Waals surface area contributed by atoms with E-state index < -0.39 is 234 Å². The number of hydrogen-bond acceptors (Lipinski definition) is 1. The van der Waals surface area contributed by atoms with Crippen LogP contribution in [0.4, 0.5) is 0 Å². The average molecular weight is 705 g/mol. The number of benzene rings is 9. The zero-order valence-electron chi connectivity index (χ0n) is 54.4. The van der Waals surface area contributed by atoms with Crippen molar-refractivity contribution in [3.63, 3.8) is 0 Å². The Balaban J connectivity index is 1.41. The molecule has 0 fully saturated rings. The van der Waals surface area contributed by atoms with Gasteiger partial charge in [-0.2, -0.15) is 0 Å². The summed E-state index contributed by atoms with van der Waals surface area (Å²) in [5.41, 5.74) is -5.53. The van der Waals surface area contributed by atoms with Crippen molar-refractivity contribution in [1.82, 2.24) is 0 Å². The van der Waals surface area contributed by atoms with Crippen molar-refractivity contribution in [2.24, 2.45) is 0 Å². The Hall–Kier alpha value is -6.44. The van der Waals surface area contributed by atoms with E-state index in [1.54, 1.807) is 0 Å². The average Bonchev–Trinajstić information content (AvgIpc) is 4.03. The van der Waals surface area contributed by atoms with Crippen molar-refractivity contribution >= 4 is 54.3 Å². The van der Waals surface area contributed by atoms with Gasteiger partial charge in [-0.15, -0.1) is 0 Å². The van der Waals surface area contributed by atoms with E-state index >= 15 is 0 Å². The van der Waals surface area contributed by atoms with Gasteiger partial charge in [0.25, 0.3) is 0 Å². The highest BCUT2D eigenvalue weighted by Gasteiger charge is 2.19. The van der Waals surface area contributed by atoms with Crippen LogP contribution < -0.4 is 0 Å². The van der Waals surface area contributed by atoms with Gasteiger partial charge in [0.05, 0.1) is 35.6 Å². The van der Waals surface area contributed by atoms with E-state index in [2.05, 4.69) is 0 Å². The Morgan fingerprint density at radius 1 is 0.377 bits per heavy atom. The molecule has 0 saturated carbocycles. The summed E-state index contributed by atoms with van der Waals surface area (Å²) < 4.78 is 244. The van der Waals surface area contributed by atoms with Crippen LogP contribution in [-0.4, -0.2) is 0 Å². The van der Waals surface area contributed by atoms with Crippen LogP contribution in [-0.2, 0) is 0 Å². The SMILES string of the molecule is [2H]c1c([2H])c(C)c([2H])c(-c2c([2H])c([2H])c(-c3c4c([2H])c([2H])c([2H])c([2H])c4c(-c4c([2H])c([2H])c(-c5c([2H])c(C)c([2H])c6oc7c([2H])c8c([2H])c([2H])c([2H])c([2H])c8c([2H])c7c56)c([2H])c4[2H])c4c([2H])c([2H])c(C)c([2H])c34)c([2H])c2C)c1[2H]. The largest absolute Gasteiger partial charge is 0.456 e. The van der Waals surface area contributed by atoms with E-state index in [9.17, 15) is 17.8 Å². The molecule has 10 aromatic rings. The molecule has 1 heteroatoms. The summed E-state index contributed by atoms with van der Waals surface area (Å²) in [7, 11) is 0. The summed E-state index contributed by atoms with van der Waals surface area (Å²) in [5, 5.41) is -3.74. The fourth-order valence-corrected chi connectivity index (χ4v) is 6.66. The second kappa shape index (κ2) is 12.1. The van der Waals surface area contributed by atoms with E-state index in [0.29, 0.717) is 0 Å². The summed E-state index contributed by atoms with van der Waals surface area (Å²) in [6.45, 7) is 5.29. The third kappa shape index (κ3) is 5.15. The maximum Gasteiger partial charge on any atom is 0.136 e. The zero-order valence-corrected chi connectivity index (χ0v) is 28.4. The Morgan fingerprint density at radius 3 is 1.83 bits per heavy atom. The molecule has 0 aliphatic rings. The molecule has 0 atom stereocenters. The van der Waals surface area contributed by atoms with Crippen LogP contribution in [0, 0.1) is 27.7 Å². The number of hydrogen-bond donors (Lipinski definition) is 0. The molecule has 0 bridgehead atoms. The number of fused-ring (bicyclic) bond motifs is 6. The lowest BCUT2D eigenvalue weighted by Crippen LogP contribution is -1.93. The lowest BCUT2D eigenvalue weighted by atomic mass is 9.84. The molecule has 53 heavy (non-hydrogen) atoms. The fraction of sp³-hybridized carbons (Fsp3) is 0.0769. The third-order valence-electron chi connectivity index (χ3n) is 8.95. The summed E-state index contributed by atoms with van der Waals surface area (Å²) in [5.74, 6) is 0. The minimum atomic E-state index is -0.979. The monoisotopic (exact) mass is 704 g/mol. The molecule has 0 aliphatic heterocycles. The first-order chi connectivity index (χ1) is 36.8. The van der Waals surface area contributed by atoms with Crippen LogP contribution in [0.2, 0.25) is 0 Å². The summed E-state index contributed by atoms with van der Waals surface area (Å²) in [4.78, 5) is 0. The lowest BCUT2D eigenvalue weighted by molar-refractivity contribution is 0.669. The molecule has 1 nitrogen and oxygen atoms in total. The Labute approximate surface area is 346 Å². The van der Waals surface area contributed by atoms with E-state index in [-0.39, 0.29) is 44.2 Å². The van der Waals surface area contributed by atoms with Crippen LogP contribution in [0.25, 0.3) is 98.8 Å². The van der Waals surface area contributed by atoms with Crippen molar-refractivity contribution in [3.8, 4) is 44.5 Å². The van der Waals surface area contributed by atoms with Crippen LogP contribution >= 0.6 is 0 Å². The molecule has 252 valence electrons. The summed E-state index contributed by atoms with van der Waals surface area (Å²) >= 11 is 0. The molecule has 0 aliphatic carbocycles. The Bertz CT molecular complexity index is 4430. The van der Waals surface area contributed by atoms with E-state index in [4.69, 9.17) is 22.2 Å². The van der Waals surface area contributed by atoms with Gasteiger partial charge in [-0.3, -0.25) is 0 Å². The molecular formula is C52H38O. The standard InChI is InChI=1S/C52H38O/c1-31-10-9-13-39(24-31)41-23-21-40(28-34(41)4)51-43-15-8-7-14-42(43)50(44-22-16-32(2)25-46(44)51)36-19-17-35(18-20-36)45-26-33(3)27-49-52(45)47-29-37-11-5-6-12-38(37)30-48(47)53-49/h5-30H,1-4H3/i5D,6D,7D,8D,9D,10D,11D,12D,13D,14D,15D,16D,17D,18D,19D,20D,21D,22D,23D,24D,25D,26D,27D,28D,29D,30D.